The standard InChI is InChI=1S/C12H17Br2N/c1-6(2)10-8(13)5-9(14)11(7(3)4)12(10)15/h5-7H,15H2,1-4H3. The van der Waals surface area contributed by atoms with E-state index in [2.05, 4.69) is 65.6 Å². The Morgan fingerprint density at radius 3 is 1.53 bits per heavy atom. The van der Waals surface area contributed by atoms with Crippen LogP contribution in [0.2, 0.25) is 0 Å². The predicted molar refractivity (Wildman–Crippen MR) is 74.4 cm³/mol. The molecule has 0 heterocycles. The van der Waals surface area contributed by atoms with E-state index in [1.165, 1.54) is 11.1 Å². The summed E-state index contributed by atoms with van der Waals surface area (Å²) in [6.45, 7) is 8.64. The second-order valence-electron chi connectivity index (χ2n) is 4.39. The van der Waals surface area contributed by atoms with Gasteiger partial charge in [0.05, 0.1) is 0 Å². The SMILES string of the molecule is CC(C)c1c(Br)cc(Br)c(C(C)C)c1N. The zero-order valence-electron chi connectivity index (χ0n) is 9.57. The topological polar surface area (TPSA) is 26.0 Å². The van der Waals surface area contributed by atoms with Gasteiger partial charge in [-0.15, -0.1) is 0 Å². The molecule has 0 aliphatic carbocycles. The highest BCUT2D eigenvalue weighted by atomic mass is 79.9. The fourth-order valence-electron chi connectivity index (χ4n) is 1.84. The zero-order chi connectivity index (χ0) is 11.7. The summed E-state index contributed by atoms with van der Waals surface area (Å²) in [7, 11) is 0. The molecule has 0 aliphatic rings. The summed E-state index contributed by atoms with van der Waals surface area (Å²) in [6.07, 6.45) is 0. The number of benzene rings is 1. The predicted octanol–water partition coefficient (Wildman–Crippen LogP) is 5.04. The molecule has 0 bridgehead atoms. The molecule has 0 radical (unpaired) electrons. The Hall–Kier alpha value is -0.0200. The summed E-state index contributed by atoms with van der Waals surface area (Å²) in [5, 5.41) is 0. The van der Waals surface area contributed by atoms with Crippen LogP contribution >= 0.6 is 31.9 Å². The fourth-order valence-corrected chi connectivity index (χ4v) is 3.95. The molecule has 0 aromatic heterocycles. The summed E-state index contributed by atoms with van der Waals surface area (Å²) in [5.74, 6) is 0.870. The summed E-state index contributed by atoms with van der Waals surface area (Å²) in [4.78, 5) is 0. The Kier molecular flexibility index (Phi) is 4.24. The number of halogens is 2. The van der Waals surface area contributed by atoms with Gasteiger partial charge in [0.15, 0.2) is 0 Å². The monoisotopic (exact) mass is 333 g/mol. The molecule has 3 heteroatoms. The average Bonchev–Trinajstić information content (AvgIpc) is 1.99. The molecule has 1 nitrogen and oxygen atoms in total. The molecule has 0 spiro atoms. The van der Waals surface area contributed by atoms with Crippen molar-refractivity contribution in [1.29, 1.82) is 0 Å². The number of anilines is 1. The van der Waals surface area contributed by atoms with Crippen molar-refractivity contribution < 1.29 is 0 Å². The van der Waals surface area contributed by atoms with Crippen LogP contribution in [0.15, 0.2) is 15.0 Å². The van der Waals surface area contributed by atoms with Gasteiger partial charge < -0.3 is 5.73 Å². The minimum absolute atomic E-state index is 0.435. The maximum atomic E-state index is 6.23. The van der Waals surface area contributed by atoms with Crippen LogP contribution in [0.1, 0.15) is 50.7 Å². The normalized spacial score (nSPS) is 11.5. The van der Waals surface area contributed by atoms with Crippen molar-refractivity contribution in [1.82, 2.24) is 0 Å². The first-order valence-corrected chi connectivity index (χ1v) is 6.72. The highest BCUT2D eigenvalue weighted by molar-refractivity contribution is 9.11. The van der Waals surface area contributed by atoms with E-state index in [1.54, 1.807) is 0 Å². The lowest BCUT2D eigenvalue weighted by Gasteiger charge is -2.19. The van der Waals surface area contributed by atoms with Gasteiger partial charge in [0.1, 0.15) is 0 Å². The Labute approximate surface area is 109 Å². The zero-order valence-corrected chi connectivity index (χ0v) is 12.7. The number of nitrogen functional groups attached to an aromatic ring is 1. The third-order valence-electron chi connectivity index (χ3n) is 2.50. The largest absolute Gasteiger partial charge is 0.398 e. The van der Waals surface area contributed by atoms with E-state index >= 15 is 0 Å². The first-order chi connectivity index (χ1) is 6.86. The van der Waals surface area contributed by atoms with Gasteiger partial charge >= 0.3 is 0 Å². The highest BCUT2D eigenvalue weighted by Crippen LogP contribution is 2.40. The van der Waals surface area contributed by atoms with Crippen molar-refractivity contribution in [2.75, 3.05) is 5.73 Å². The minimum Gasteiger partial charge on any atom is -0.398 e. The van der Waals surface area contributed by atoms with E-state index in [0.29, 0.717) is 11.8 Å². The Morgan fingerprint density at radius 2 is 1.27 bits per heavy atom. The summed E-state index contributed by atoms with van der Waals surface area (Å²) in [6, 6.07) is 2.10. The van der Waals surface area contributed by atoms with Crippen molar-refractivity contribution >= 4 is 37.5 Å². The second-order valence-corrected chi connectivity index (χ2v) is 6.10. The molecule has 0 aliphatic heterocycles. The van der Waals surface area contributed by atoms with Gasteiger partial charge in [0.25, 0.3) is 0 Å². The van der Waals surface area contributed by atoms with Gasteiger partial charge in [0.2, 0.25) is 0 Å². The molecular formula is C12H17Br2N. The number of nitrogens with two attached hydrogens (primary N) is 1. The molecule has 0 fully saturated rings. The van der Waals surface area contributed by atoms with E-state index in [1.807, 2.05) is 0 Å². The summed E-state index contributed by atoms with van der Waals surface area (Å²) < 4.78 is 2.18. The maximum Gasteiger partial charge on any atom is 0.0407 e. The van der Waals surface area contributed by atoms with Crippen molar-refractivity contribution in [3.05, 3.63) is 26.1 Å². The first kappa shape index (κ1) is 13.0. The smallest absolute Gasteiger partial charge is 0.0407 e. The first-order valence-electron chi connectivity index (χ1n) is 5.13. The quantitative estimate of drug-likeness (QED) is 0.753. The van der Waals surface area contributed by atoms with Crippen LogP contribution in [0.5, 0.6) is 0 Å². The average molecular weight is 335 g/mol. The van der Waals surface area contributed by atoms with Crippen LogP contribution in [0.4, 0.5) is 5.69 Å². The lowest BCUT2D eigenvalue weighted by atomic mass is 9.93. The fraction of sp³-hybridized carbons (Fsp3) is 0.500. The maximum absolute atomic E-state index is 6.23. The van der Waals surface area contributed by atoms with Crippen LogP contribution < -0.4 is 5.73 Å². The third-order valence-corrected chi connectivity index (χ3v) is 3.82. The lowest BCUT2D eigenvalue weighted by molar-refractivity contribution is 0.832. The van der Waals surface area contributed by atoms with Crippen molar-refractivity contribution in [3.8, 4) is 0 Å². The van der Waals surface area contributed by atoms with E-state index in [4.69, 9.17) is 5.73 Å². The summed E-state index contributed by atoms with van der Waals surface area (Å²) in [5.41, 5.74) is 9.56. The highest BCUT2D eigenvalue weighted by Gasteiger charge is 2.17. The number of hydrogen-bond donors (Lipinski definition) is 1. The van der Waals surface area contributed by atoms with Crippen LogP contribution in [0, 0.1) is 0 Å². The molecule has 0 atom stereocenters. The van der Waals surface area contributed by atoms with Gasteiger partial charge in [-0.25, -0.2) is 0 Å². The van der Waals surface area contributed by atoms with Crippen LogP contribution in [-0.2, 0) is 0 Å². The third kappa shape index (κ3) is 2.56. The Bertz CT molecular complexity index is 338. The molecular weight excluding hydrogens is 318 g/mol. The molecule has 2 N–H and O–H groups in total. The molecule has 1 aromatic rings. The molecule has 0 saturated heterocycles. The summed E-state index contributed by atoms with van der Waals surface area (Å²) >= 11 is 7.14. The molecule has 1 rings (SSSR count). The molecule has 0 amide bonds. The van der Waals surface area contributed by atoms with Gasteiger partial charge in [-0.05, 0) is 29.0 Å². The molecule has 1 aromatic carbocycles. The lowest BCUT2D eigenvalue weighted by Crippen LogP contribution is -2.05. The van der Waals surface area contributed by atoms with Crippen molar-refractivity contribution in [2.24, 2.45) is 0 Å². The second kappa shape index (κ2) is 4.88. The molecule has 84 valence electrons. The van der Waals surface area contributed by atoms with E-state index in [0.717, 1.165) is 14.6 Å². The van der Waals surface area contributed by atoms with Crippen molar-refractivity contribution in [3.63, 3.8) is 0 Å². The van der Waals surface area contributed by atoms with Gasteiger partial charge in [0, 0.05) is 14.6 Å². The van der Waals surface area contributed by atoms with Crippen molar-refractivity contribution in [2.45, 2.75) is 39.5 Å². The van der Waals surface area contributed by atoms with E-state index in [9.17, 15) is 0 Å². The Morgan fingerprint density at radius 1 is 0.933 bits per heavy atom. The van der Waals surface area contributed by atoms with Crippen LogP contribution in [-0.4, -0.2) is 0 Å². The Balaban J connectivity index is 3.49. The minimum atomic E-state index is 0.435. The van der Waals surface area contributed by atoms with Gasteiger partial charge in [-0.1, -0.05) is 59.6 Å². The molecule has 0 saturated carbocycles. The van der Waals surface area contributed by atoms with Crippen LogP contribution in [0.25, 0.3) is 0 Å². The van der Waals surface area contributed by atoms with E-state index < -0.39 is 0 Å². The number of rotatable bonds is 2. The van der Waals surface area contributed by atoms with Crippen LogP contribution in [0.3, 0.4) is 0 Å². The molecule has 0 unspecified atom stereocenters. The van der Waals surface area contributed by atoms with Gasteiger partial charge in [-0.3, -0.25) is 0 Å². The number of hydrogen-bond acceptors (Lipinski definition) is 1. The molecule has 15 heavy (non-hydrogen) atoms. The van der Waals surface area contributed by atoms with Gasteiger partial charge in [-0.2, -0.15) is 0 Å². The van der Waals surface area contributed by atoms with E-state index in [-0.39, 0.29) is 0 Å².